The minimum atomic E-state index is -2.27. The maximum atomic E-state index is 7.69. The Morgan fingerprint density at radius 2 is 1.92 bits per heavy atom. The van der Waals surface area contributed by atoms with E-state index >= 15 is 0 Å². The lowest BCUT2D eigenvalue weighted by Crippen LogP contribution is -1.93. The number of pyridine rings is 1. The molecular weight excluding hydrogens is 318 g/mol. The molecule has 0 radical (unpaired) electrons. The van der Waals surface area contributed by atoms with Crippen LogP contribution in [0.4, 0.5) is 0 Å². The van der Waals surface area contributed by atoms with Gasteiger partial charge in [0.25, 0.3) is 0 Å². The summed E-state index contributed by atoms with van der Waals surface area (Å²) in [6, 6.07) is 14.4. The summed E-state index contributed by atoms with van der Waals surface area (Å²) in [5.74, 6) is 0.678. The first-order valence-corrected chi connectivity index (χ1v) is 9.34. The molecule has 2 aromatic heterocycles. The number of hydrogen-bond acceptors (Lipinski definition) is 2. The van der Waals surface area contributed by atoms with Crippen LogP contribution in [0.25, 0.3) is 33.0 Å². The number of furan rings is 1. The van der Waals surface area contributed by atoms with Gasteiger partial charge in [0, 0.05) is 26.6 Å². The first kappa shape index (κ1) is 12.7. The summed E-state index contributed by atoms with van der Waals surface area (Å²) in [6.07, 6.45) is 7.00. The summed E-state index contributed by atoms with van der Waals surface area (Å²) in [5.41, 5.74) is 4.72. The van der Waals surface area contributed by atoms with Gasteiger partial charge in [-0.25, -0.2) is 0 Å². The predicted molar refractivity (Wildman–Crippen MR) is 108 cm³/mol. The first-order chi connectivity index (χ1) is 13.9. The van der Waals surface area contributed by atoms with Gasteiger partial charge in [0.1, 0.15) is 11.3 Å². The van der Waals surface area contributed by atoms with Gasteiger partial charge in [0.15, 0.2) is 0 Å². The van der Waals surface area contributed by atoms with Crippen molar-refractivity contribution < 1.29 is 8.53 Å². The zero-order valence-electron chi connectivity index (χ0n) is 17.9. The molecule has 130 valence electrons. The molecular formula is C24H23NO. The topological polar surface area (TPSA) is 26.0 Å². The van der Waals surface area contributed by atoms with Crippen LogP contribution in [0.3, 0.4) is 0 Å². The Balaban J connectivity index is 1.70. The minimum absolute atomic E-state index is 0.0168. The molecule has 2 aromatic carbocycles. The highest BCUT2D eigenvalue weighted by molar-refractivity contribution is 6.02. The van der Waals surface area contributed by atoms with Crippen molar-refractivity contribution in [3.63, 3.8) is 0 Å². The second-order valence-corrected chi connectivity index (χ2v) is 7.46. The average Bonchev–Trinajstić information content (AvgIpc) is 3.36. The maximum absolute atomic E-state index is 7.69. The molecule has 0 amide bonds. The maximum Gasteiger partial charge on any atom is 0.143 e. The fourth-order valence-electron chi connectivity index (χ4n) is 4.40. The molecule has 0 saturated heterocycles. The number of fused-ring (bicyclic) bond motifs is 2. The van der Waals surface area contributed by atoms with Crippen molar-refractivity contribution in [3.05, 3.63) is 65.5 Å². The number of rotatable bonds is 2. The lowest BCUT2D eigenvalue weighted by atomic mass is 9.93. The summed E-state index contributed by atoms with van der Waals surface area (Å²) < 4.78 is 28.9. The Kier molecular flexibility index (Phi) is 2.92. The van der Waals surface area contributed by atoms with Gasteiger partial charge < -0.3 is 4.42 Å². The molecule has 1 fully saturated rings. The Hall–Kier alpha value is -2.61. The SMILES string of the molecule is [2H]C([2H])([2H])c1cc2cc(C)cc(-c3nccc4cc(C5CCCC5)ccc34)c2o1. The minimum Gasteiger partial charge on any atom is -0.461 e. The highest BCUT2D eigenvalue weighted by atomic mass is 16.3. The summed E-state index contributed by atoms with van der Waals surface area (Å²) >= 11 is 0. The number of aryl methyl sites for hydroxylation is 2. The van der Waals surface area contributed by atoms with Crippen LogP contribution in [-0.2, 0) is 0 Å². The van der Waals surface area contributed by atoms with Gasteiger partial charge in [-0.2, -0.15) is 0 Å². The molecule has 1 aliphatic rings. The summed E-state index contributed by atoms with van der Waals surface area (Å²) in [4.78, 5) is 4.67. The molecule has 26 heavy (non-hydrogen) atoms. The summed E-state index contributed by atoms with van der Waals surface area (Å²) in [6.45, 7) is -0.263. The molecule has 0 unspecified atom stereocenters. The molecule has 0 aliphatic heterocycles. The van der Waals surface area contributed by atoms with E-state index in [2.05, 4.69) is 29.2 Å². The third kappa shape index (κ3) is 2.52. The number of nitrogens with zero attached hydrogens (tertiary/aromatic N) is 1. The molecule has 0 spiro atoms. The fourth-order valence-corrected chi connectivity index (χ4v) is 4.40. The van der Waals surface area contributed by atoms with E-state index in [0.717, 1.165) is 33.0 Å². The van der Waals surface area contributed by atoms with E-state index in [9.17, 15) is 0 Å². The van der Waals surface area contributed by atoms with Crippen molar-refractivity contribution in [2.45, 2.75) is 45.4 Å². The zero-order chi connectivity index (χ0) is 20.2. The normalized spacial score (nSPS) is 17.5. The Bertz CT molecular complexity index is 1220. The predicted octanol–water partition coefficient (Wildman–Crippen LogP) is 6.92. The smallest absolute Gasteiger partial charge is 0.143 e. The number of benzene rings is 2. The molecule has 2 heterocycles. The van der Waals surface area contributed by atoms with E-state index in [1.165, 1.54) is 31.2 Å². The largest absolute Gasteiger partial charge is 0.461 e. The van der Waals surface area contributed by atoms with Gasteiger partial charge in [-0.05, 0) is 73.3 Å². The van der Waals surface area contributed by atoms with Crippen molar-refractivity contribution in [1.82, 2.24) is 4.98 Å². The lowest BCUT2D eigenvalue weighted by Gasteiger charge is -2.12. The van der Waals surface area contributed by atoms with E-state index in [1.54, 1.807) is 6.07 Å². The molecule has 2 nitrogen and oxygen atoms in total. The second kappa shape index (κ2) is 5.98. The van der Waals surface area contributed by atoms with E-state index < -0.39 is 6.85 Å². The van der Waals surface area contributed by atoms with E-state index in [0.29, 0.717) is 11.5 Å². The van der Waals surface area contributed by atoms with Crippen LogP contribution in [0.15, 0.2) is 53.1 Å². The van der Waals surface area contributed by atoms with Crippen LogP contribution in [0.5, 0.6) is 0 Å². The first-order valence-electron chi connectivity index (χ1n) is 10.8. The van der Waals surface area contributed by atoms with Crippen molar-refractivity contribution in [1.29, 1.82) is 0 Å². The average molecular weight is 344 g/mol. The Morgan fingerprint density at radius 1 is 1.04 bits per heavy atom. The van der Waals surface area contributed by atoms with Crippen molar-refractivity contribution in [2.75, 3.05) is 0 Å². The second-order valence-electron chi connectivity index (χ2n) is 7.46. The third-order valence-corrected chi connectivity index (χ3v) is 5.63. The quantitative estimate of drug-likeness (QED) is 0.394. The van der Waals surface area contributed by atoms with Gasteiger partial charge in [-0.15, -0.1) is 0 Å². The lowest BCUT2D eigenvalue weighted by molar-refractivity contribution is 0.579. The third-order valence-electron chi connectivity index (χ3n) is 5.63. The molecule has 0 bridgehead atoms. The van der Waals surface area contributed by atoms with Crippen LogP contribution in [0.1, 0.15) is 52.6 Å². The Labute approximate surface area is 158 Å². The van der Waals surface area contributed by atoms with Crippen molar-refractivity contribution >= 4 is 21.7 Å². The van der Waals surface area contributed by atoms with Crippen LogP contribution >= 0.6 is 0 Å². The molecule has 2 heteroatoms. The summed E-state index contributed by atoms with van der Waals surface area (Å²) in [7, 11) is 0. The molecule has 0 atom stereocenters. The van der Waals surface area contributed by atoms with Crippen molar-refractivity contribution in [2.24, 2.45) is 0 Å². The van der Waals surface area contributed by atoms with Crippen LogP contribution < -0.4 is 0 Å². The Morgan fingerprint density at radius 3 is 2.77 bits per heavy atom. The van der Waals surface area contributed by atoms with Gasteiger partial charge in [-0.1, -0.05) is 31.0 Å². The van der Waals surface area contributed by atoms with E-state index in [1.807, 2.05) is 25.3 Å². The van der Waals surface area contributed by atoms with Gasteiger partial charge in [-0.3, -0.25) is 4.98 Å². The standard InChI is InChI=1S/C24H23NO/c1-15-11-20-13-16(2)26-24(20)22(12-15)23-21-8-7-18(17-5-3-4-6-17)14-19(21)9-10-25-23/h7-14,17H,3-6H2,1-2H3/i2D3. The van der Waals surface area contributed by atoms with Crippen molar-refractivity contribution in [3.8, 4) is 11.3 Å². The van der Waals surface area contributed by atoms with E-state index in [-0.39, 0.29) is 5.76 Å². The molecule has 1 aliphatic carbocycles. The van der Waals surface area contributed by atoms with Gasteiger partial charge in [0.05, 0.1) is 5.69 Å². The van der Waals surface area contributed by atoms with Gasteiger partial charge >= 0.3 is 0 Å². The number of aromatic nitrogens is 1. The number of hydrogen-bond donors (Lipinski definition) is 0. The molecule has 0 N–H and O–H groups in total. The van der Waals surface area contributed by atoms with E-state index in [4.69, 9.17) is 8.53 Å². The van der Waals surface area contributed by atoms with Gasteiger partial charge in [0.2, 0.25) is 0 Å². The zero-order valence-corrected chi connectivity index (χ0v) is 14.9. The molecule has 4 aromatic rings. The molecule has 5 rings (SSSR count). The highest BCUT2D eigenvalue weighted by Crippen LogP contribution is 2.38. The summed E-state index contributed by atoms with van der Waals surface area (Å²) in [5, 5.41) is 3.03. The monoisotopic (exact) mass is 344 g/mol. The highest BCUT2D eigenvalue weighted by Gasteiger charge is 2.18. The van der Waals surface area contributed by atoms with Crippen LogP contribution in [0, 0.1) is 13.8 Å². The molecule has 1 saturated carbocycles. The van der Waals surface area contributed by atoms with Crippen LogP contribution in [-0.4, -0.2) is 4.98 Å². The fraction of sp³-hybridized carbons (Fsp3) is 0.292. The van der Waals surface area contributed by atoms with Crippen LogP contribution in [0.2, 0.25) is 0 Å².